The first-order valence-corrected chi connectivity index (χ1v) is 6.72. The van der Waals surface area contributed by atoms with E-state index in [1.807, 2.05) is 20.8 Å². The number of aromatic nitrogens is 2. The Kier molecular flexibility index (Phi) is 3.97. The standard InChI is InChI=1S/C12H16BrN3O2/c1-6-7(2)18-8(3)11(6)12(17)16-10-5-14-9(13)4-15-10/h4-8,11H,1-3H3,(H,15,16,17). The van der Waals surface area contributed by atoms with Gasteiger partial charge in [-0.15, -0.1) is 0 Å². The van der Waals surface area contributed by atoms with Crippen LogP contribution < -0.4 is 5.32 Å². The summed E-state index contributed by atoms with van der Waals surface area (Å²) in [7, 11) is 0. The maximum absolute atomic E-state index is 12.2. The number of nitrogens with zero attached hydrogens (tertiary/aromatic N) is 2. The first kappa shape index (κ1) is 13.4. The molecule has 2 heterocycles. The van der Waals surface area contributed by atoms with Crippen molar-refractivity contribution in [1.82, 2.24) is 9.97 Å². The number of carbonyl (C=O) groups is 1. The summed E-state index contributed by atoms with van der Waals surface area (Å²) in [4.78, 5) is 20.3. The van der Waals surface area contributed by atoms with Gasteiger partial charge in [0, 0.05) is 0 Å². The topological polar surface area (TPSA) is 64.1 Å². The van der Waals surface area contributed by atoms with E-state index in [1.54, 1.807) is 6.20 Å². The summed E-state index contributed by atoms with van der Waals surface area (Å²) >= 11 is 3.20. The molecule has 1 amide bonds. The zero-order valence-corrected chi connectivity index (χ0v) is 12.1. The molecule has 4 unspecified atom stereocenters. The van der Waals surface area contributed by atoms with Gasteiger partial charge in [-0.05, 0) is 35.7 Å². The van der Waals surface area contributed by atoms with E-state index in [9.17, 15) is 4.79 Å². The second-order valence-electron chi connectivity index (χ2n) is 4.64. The van der Waals surface area contributed by atoms with Crippen molar-refractivity contribution in [2.45, 2.75) is 33.0 Å². The van der Waals surface area contributed by atoms with E-state index in [0.29, 0.717) is 10.4 Å². The summed E-state index contributed by atoms with van der Waals surface area (Å²) < 4.78 is 6.30. The van der Waals surface area contributed by atoms with Crippen LogP contribution in [0.2, 0.25) is 0 Å². The molecule has 0 aliphatic carbocycles. The number of carbonyl (C=O) groups excluding carboxylic acids is 1. The van der Waals surface area contributed by atoms with Crippen molar-refractivity contribution in [2.24, 2.45) is 11.8 Å². The summed E-state index contributed by atoms with van der Waals surface area (Å²) in [5.74, 6) is 0.451. The smallest absolute Gasteiger partial charge is 0.231 e. The highest BCUT2D eigenvalue weighted by Crippen LogP contribution is 2.32. The van der Waals surface area contributed by atoms with Crippen LogP contribution in [0.15, 0.2) is 17.0 Å². The van der Waals surface area contributed by atoms with Crippen LogP contribution in [-0.2, 0) is 9.53 Å². The van der Waals surface area contributed by atoms with E-state index >= 15 is 0 Å². The van der Waals surface area contributed by atoms with Gasteiger partial charge in [0.05, 0.1) is 30.5 Å². The highest BCUT2D eigenvalue weighted by atomic mass is 79.9. The Labute approximate surface area is 114 Å². The van der Waals surface area contributed by atoms with Crippen molar-refractivity contribution >= 4 is 27.7 Å². The molecule has 6 heteroatoms. The molecule has 0 spiro atoms. The number of nitrogens with one attached hydrogen (secondary N) is 1. The first-order chi connectivity index (χ1) is 8.49. The Balaban J connectivity index is 2.06. The Hall–Kier alpha value is -1.01. The molecule has 1 aliphatic heterocycles. The average molecular weight is 314 g/mol. The Morgan fingerprint density at radius 2 is 2.00 bits per heavy atom. The van der Waals surface area contributed by atoms with Gasteiger partial charge in [0.25, 0.3) is 0 Å². The number of ether oxygens (including phenoxy) is 1. The molecule has 2 rings (SSSR count). The third kappa shape index (κ3) is 2.70. The first-order valence-electron chi connectivity index (χ1n) is 5.93. The second-order valence-corrected chi connectivity index (χ2v) is 5.46. The molecule has 1 saturated heterocycles. The minimum atomic E-state index is -0.148. The molecule has 0 aromatic carbocycles. The molecular formula is C12H16BrN3O2. The fraction of sp³-hybridized carbons (Fsp3) is 0.583. The van der Waals surface area contributed by atoms with Crippen LogP contribution in [0.1, 0.15) is 20.8 Å². The number of anilines is 1. The molecular weight excluding hydrogens is 298 g/mol. The van der Waals surface area contributed by atoms with Gasteiger partial charge in [-0.25, -0.2) is 9.97 Å². The number of hydrogen-bond acceptors (Lipinski definition) is 4. The van der Waals surface area contributed by atoms with Crippen molar-refractivity contribution in [3.05, 3.63) is 17.0 Å². The molecule has 1 aromatic rings. The largest absolute Gasteiger partial charge is 0.374 e. The van der Waals surface area contributed by atoms with Gasteiger partial charge in [0.2, 0.25) is 5.91 Å². The summed E-state index contributed by atoms with van der Waals surface area (Å²) in [6.45, 7) is 5.96. The Morgan fingerprint density at radius 1 is 1.28 bits per heavy atom. The summed E-state index contributed by atoms with van der Waals surface area (Å²) in [5.41, 5.74) is 0. The lowest BCUT2D eigenvalue weighted by Gasteiger charge is -2.17. The second kappa shape index (κ2) is 5.32. The number of hydrogen-bond donors (Lipinski definition) is 1. The van der Waals surface area contributed by atoms with E-state index in [-0.39, 0.29) is 30.0 Å². The lowest BCUT2D eigenvalue weighted by Crippen LogP contribution is -2.32. The third-order valence-corrected chi connectivity index (χ3v) is 3.83. The van der Waals surface area contributed by atoms with Gasteiger partial charge >= 0.3 is 0 Å². The maximum atomic E-state index is 12.2. The molecule has 4 atom stereocenters. The lowest BCUT2D eigenvalue weighted by molar-refractivity contribution is -0.122. The van der Waals surface area contributed by atoms with Gasteiger partial charge in [-0.1, -0.05) is 6.92 Å². The summed E-state index contributed by atoms with van der Waals surface area (Å²) in [6.07, 6.45) is 3.11. The van der Waals surface area contributed by atoms with E-state index in [4.69, 9.17) is 4.74 Å². The van der Waals surface area contributed by atoms with E-state index in [2.05, 4.69) is 31.2 Å². The predicted octanol–water partition coefficient (Wildman–Crippen LogP) is 2.24. The van der Waals surface area contributed by atoms with Crippen molar-refractivity contribution in [1.29, 1.82) is 0 Å². The Bertz CT molecular complexity index is 437. The normalized spacial score (nSPS) is 31.3. The van der Waals surface area contributed by atoms with E-state index in [0.717, 1.165) is 0 Å². The fourth-order valence-electron chi connectivity index (χ4n) is 2.30. The molecule has 0 saturated carbocycles. The number of halogens is 1. The van der Waals surface area contributed by atoms with Crippen LogP contribution in [0, 0.1) is 11.8 Å². The van der Waals surface area contributed by atoms with Gasteiger partial charge in [0.15, 0.2) is 5.82 Å². The predicted molar refractivity (Wildman–Crippen MR) is 71.0 cm³/mol. The van der Waals surface area contributed by atoms with Crippen molar-refractivity contribution in [3.63, 3.8) is 0 Å². The van der Waals surface area contributed by atoms with Crippen LogP contribution >= 0.6 is 15.9 Å². The fourth-order valence-corrected chi connectivity index (χ4v) is 2.51. The van der Waals surface area contributed by atoms with Crippen molar-refractivity contribution in [2.75, 3.05) is 5.32 Å². The van der Waals surface area contributed by atoms with Crippen LogP contribution in [0.25, 0.3) is 0 Å². The van der Waals surface area contributed by atoms with Crippen molar-refractivity contribution < 1.29 is 9.53 Å². The monoisotopic (exact) mass is 313 g/mol. The van der Waals surface area contributed by atoms with Crippen molar-refractivity contribution in [3.8, 4) is 0 Å². The molecule has 1 aromatic heterocycles. The number of rotatable bonds is 2. The SMILES string of the molecule is CC1OC(C)C(C(=O)Nc2cnc(Br)cn2)C1C. The quantitative estimate of drug-likeness (QED) is 0.909. The van der Waals surface area contributed by atoms with Crippen LogP contribution in [0.4, 0.5) is 5.82 Å². The molecule has 98 valence electrons. The average Bonchev–Trinajstić information content (AvgIpc) is 2.56. The highest BCUT2D eigenvalue weighted by Gasteiger charge is 2.41. The van der Waals surface area contributed by atoms with Crippen LogP contribution in [-0.4, -0.2) is 28.1 Å². The molecule has 5 nitrogen and oxygen atoms in total. The minimum Gasteiger partial charge on any atom is -0.374 e. The Morgan fingerprint density at radius 3 is 2.50 bits per heavy atom. The number of amides is 1. The van der Waals surface area contributed by atoms with Gasteiger partial charge < -0.3 is 10.1 Å². The molecule has 0 radical (unpaired) electrons. The molecule has 1 aliphatic rings. The zero-order valence-electron chi connectivity index (χ0n) is 10.6. The minimum absolute atomic E-state index is 0.0593. The van der Waals surface area contributed by atoms with Gasteiger partial charge in [-0.3, -0.25) is 4.79 Å². The molecule has 1 fully saturated rings. The molecule has 1 N–H and O–H groups in total. The third-order valence-electron chi connectivity index (χ3n) is 3.42. The maximum Gasteiger partial charge on any atom is 0.231 e. The summed E-state index contributed by atoms with van der Waals surface area (Å²) in [5, 5.41) is 2.78. The van der Waals surface area contributed by atoms with Gasteiger partial charge in [0.1, 0.15) is 4.60 Å². The van der Waals surface area contributed by atoms with Gasteiger partial charge in [-0.2, -0.15) is 0 Å². The van der Waals surface area contributed by atoms with E-state index < -0.39 is 0 Å². The summed E-state index contributed by atoms with van der Waals surface area (Å²) in [6, 6.07) is 0. The molecule has 18 heavy (non-hydrogen) atoms. The van der Waals surface area contributed by atoms with E-state index in [1.165, 1.54) is 6.20 Å². The van der Waals surface area contributed by atoms with Crippen LogP contribution in [0.5, 0.6) is 0 Å². The van der Waals surface area contributed by atoms with Crippen LogP contribution in [0.3, 0.4) is 0 Å². The molecule has 0 bridgehead atoms. The lowest BCUT2D eigenvalue weighted by atomic mass is 9.89. The highest BCUT2D eigenvalue weighted by molar-refractivity contribution is 9.10. The zero-order chi connectivity index (χ0) is 13.3.